The van der Waals surface area contributed by atoms with E-state index in [4.69, 9.17) is 9.47 Å². The number of ether oxygens (including phenoxy) is 2. The molecule has 0 saturated carbocycles. The quantitative estimate of drug-likeness (QED) is 0.226. The van der Waals surface area contributed by atoms with Gasteiger partial charge in [-0.25, -0.2) is 4.79 Å². The van der Waals surface area contributed by atoms with Crippen molar-refractivity contribution in [1.82, 2.24) is 25.4 Å². The molecule has 10 heteroatoms. The maximum absolute atomic E-state index is 11.8. The number of hydrogen-bond donors (Lipinski definition) is 3. The molecule has 214 valence electrons. The van der Waals surface area contributed by atoms with E-state index in [-0.39, 0.29) is 24.8 Å². The second-order valence-corrected chi connectivity index (χ2v) is 10.9. The molecule has 3 N–H and O–H groups in total. The number of nitrogens with zero attached hydrogens (tertiary/aromatic N) is 3. The summed E-state index contributed by atoms with van der Waals surface area (Å²) in [5, 5.41) is 24.1. The molecule has 2 heterocycles. The number of aromatic nitrogens is 3. The number of carbonyl (C=O) groups excluding carboxylic acids is 1. The van der Waals surface area contributed by atoms with Crippen LogP contribution < -0.4 is 10.6 Å². The first-order chi connectivity index (χ1) is 20.0. The first-order valence-corrected chi connectivity index (χ1v) is 14.7. The van der Waals surface area contributed by atoms with E-state index in [1.54, 1.807) is 18.1 Å². The highest BCUT2D eigenvalue weighted by Crippen LogP contribution is 2.39. The number of rotatable bonds is 10. The summed E-state index contributed by atoms with van der Waals surface area (Å²) in [6.45, 7) is 2.94. The maximum atomic E-state index is 11.8. The summed E-state index contributed by atoms with van der Waals surface area (Å²) < 4.78 is 14.8. The fraction of sp³-hybridized carbons (Fsp3) is 0.323. The molecule has 1 aromatic heterocycles. The molecule has 0 unspecified atom stereocenters. The fourth-order valence-corrected chi connectivity index (χ4v) is 5.60. The van der Waals surface area contributed by atoms with Crippen LogP contribution in [0.4, 0.5) is 4.79 Å². The molecule has 1 fully saturated rings. The average Bonchev–Trinajstić information content (AvgIpc) is 3.43. The minimum absolute atomic E-state index is 0.00840. The zero-order chi connectivity index (χ0) is 28.6. The molecule has 41 heavy (non-hydrogen) atoms. The van der Waals surface area contributed by atoms with Crippen LogP contribution in [0.5, 0.6) is 0 Å². The monoisotopic (exact) mass is 573 g/mol. The van der Waals surface area contributed by atoms with Gasteiger partial charge in [0.2, 0.25) is 0 Å². The zero-order valence-electron chi connectivity index (χ0n) is 23.2. The van der Waals surface area contributed by atoms with Crippen molar-refractivity contribution in [3.05, 3.63) is 101 Å². The van der Waals surface area contributed by atoms with E-state index < -0.39 is 6.29 Å². The predicted molar refractivity (Wildman–Crippen MR) is 158 cm³/mol. The molecule has 4 aromatic rings. The van der Waals surface area contributed by atoms with Crippen molar-refractivity contribution in [2.75, 3.05) is 12.3 Å². The number of aryl methyl sites for hydroxylation is 1. The summed E-state index contributed by atoms with van der Waals surface area (Å²) in [5.41, 5.74) is 6.01. The molecule has 3 atom stereocenters. The molecule has 0 radical (unpaired) electrons. The third kappa shape index (κ3) is 7.53. The number of hydrogen-bond acceptors (Lipinski definition) is 7. The van der Waals surface area contributed by atoms with Crippen LogP contribution in [0.2, 0.25) is 0 Å². The fourth-order valence-electron chi connectivity index (χ4n) is 4.69. The summed E-state index contributed by atoms with van der Waals surface area (Å²) in [7, 11) is 1.93. The van der Waals surface area contributed by atoms with Crippen LogP contribution in [0.3, 0.4) is 0 Å². The number of benzene rings is 3. The SMILES string of the molecule is CCNC(=O)NCc1cccc(-c2ccc([C@@H]3O[C@H](CSc4nncn4C)C[C@H](c4ccc(CO)cc4)O3)cc2)c1. The predicted octanol–water partition coefficient (Wildman–Crippen LogP) is 5.13. The standard InChI is InChI=1S/C31H35N5O4S/c1-3-32-30(38)33-17-22-5-4-6-26(15-22)23-11-13-25(14-12-23)29-39-27(19-41-31-35-34-20-36(31)2)16-28(40-29)24-9-7-21(18-37)8-10-24/h4-15,20,27-29,37H,3,16-19H2,1-2H3,(H2,32,33,38)/t27-,28+,29+/m0/s1. The average molecular weight is 574 g/mol. The number of carbonyl (C=O) groups is 1. The molecular weight excluding hydrogens is 538 g/mol. The Bertz CT molecular complexity index is 1430. The van der Waals surface area contributed by atoms with Gasteiger partial charge in [0.05, 0.1) is 18.8 Å². The molecule has 3 aromatic carbocycles. The molecule has 0 aliphatic carbocycles. The second kappa shape index (κ2) is 13.8. The molecule has 5 rings (SSSR count). The van der Waals surface area contributed by atoms with Crippen molar-refractivity contribution in [1.29, 1.82) is 0 Å². The van der Waals surface area contributed by atoms with E-state index in [9.17, 15) is 9.90 Å². The highest BCUT2D eigenvalue weighted by molar-refractivity contribution is 7.99. The van der Waals surface area contributed by atoms with E-state index in [1.807, 2.05) is 67.1 Å². The Hall–Kier alpha value is -3.70. The number of nitrogens with one attached hydrogen (secondary N) is 2. The minimum atomic E-state index is -0.530. The van der Waals surface area contributed by atoms with Crippen molar-refractivity contribution in [2.45, 2.75) is 50.2 Å². The Morgan fingerprint density at radius 2 is 1.78 bits per heavy atom. The Labute approximate surface area is 244 Å². The summed E-state index contributed by atoms with van der Waals surface area (Å²) in [6.07, 6.45) is 1.65. The summed E-state index contributed by atoms with van der Waals surface area (Å²) >= 11 is 1.62. The van der Waals surface area contributed by atoms with Crippen molar-refractivity contribution in [2.24, 2.45) is 7.05 Å². The topological polar surface area (TPSA) is 111 Å². The lowest BCUT2D eigenvalue weighted by Crippen LogP contribution is -2.34. The molecule has 1 aliphatic rings. The Kier molecular flexibility index (Phi) is 9.68. The Morgan fingerprint density at radius 3 is 2.49 bits per heavy atom. The van der Waals surface area contributed by atoms with Gasteiger partial charge in [-0.15, -0.1) is 10.2 Å². The third-order valence-corrected chi connectivity index (χ3v) is 8.08. The number of urea groups is 1. The van der Waals surface area contributed by atoms with Crippen molar-refractivity contribution >= 4 is 17.8 Å². The van der Waals surface area contributed by atoms with Gasteiger partial charge in [0.15, 0.2) is 11.4 Å². The van der Waals surface area contributed by atoms with E-state index in [0.29, 0.717) is 25.3 Å². The molecule has 9 nitrogen and oxygen atoms in total. The highest BCUT2D eigenvalue weighted by Gasteiger charge is 2.32. The van der Waals surface area contributed by atoms with Crippen molar-refractivity contribution in [3.8, 4) is 11.1 Å². The largest absolute Gasteiger partial charge is 0.392 e. The zero-order valence-corrected chi connectivity index (χ0v) is 24.0. The van der Waals surface area contributed by atoms with Gasteiger partial charge >= 0.3 is 6.03 Å². The smallest absolute Gasteiger partial charge is 0.315 e. The minimum Gasteiger partial charge on any atom is -0.392 e. The van der Waals surface area contributed by atoms with E-state index in [0.717, 1.165) is 38.5 Å². The van der Waals surface area contributed by atoms with Crippen LogP contribution >= 0.6 is 11.8 Å². The first kappa shape index (κ1) is 28.8. The first-order valence-electron chi connectivity index (χ1n) is 13.7. The van der Waals surface area contributed by atoms with Gasteiger partial charge in [0.25, 0.3) is 0 Å². The van der Waals surface area contributed by atoms with Gasteiger partial charge in [-0.05, 0) is 40.8 Å². The highest BCUT2D eigenvalue weighted by atomic mass is 32.2. The van der Waals surface area contributed by atoms with Crippen LogP contribution in [0.1, 0.15) is 48.0 Å². The Balaban J connectivity index is 1.31. The third-order valence-electron chi connectivity index (χ3n) is 6.92. The van der Waals surface area contributed by atoms with Crippen LogP contribution in [0.15, 0.2) is 84.3 Å². The summed E-state index contributed by atoms with van der Waals surface area (Å²) in [4.78, 5) is 11.8. The normalized spacial score (nSPS) is 18.7. The van der Waals surface area contributed by atoms with E-state index in [1.165, 1.54) is 0 Å². The molecular formula is C31H35N5O4S. The van der Waals surface area contributed by atoms with Gasteiger partial charge in [-0.3, -0.25) is 0 Å². The van der Waals surface area contributed by atoms with Gasteiger partial charge in [-0.1, -0.05) is 78.5 Å². The molecule has 0 spiro atoms. The number of thioether (sulfide) groups is 1. The van der Waals surface area contributed by atoms with Crippen LogP contribution in [0, 0.1) is 0 Å². The number of aliphatic hydroxyl groups excluding tert-OH is 1. The number of aliphatic hydroxyl groups is 1. The van der Waals surface area contributed by atoms with E-state index in [2.05, 4.69) is 45.1 Å². The summed E-state index contributed by atoms with van der Waals surface area (Å²) in [5.74, 6) is 0.715. The molecule has 1 aliphatic heterocycles. The van der Waals surface area contributed by atoms with Gasteiger partial charge < -0.3 is 29.8 Å². The Morgan fingerprint density at radius 1 is 1.00 bits per heavy atom. The van der Waals surface area contributed by atoms with Crippen LogP contribution in [-0.2, 0) is 29.7 Å². The molecule has 1 saturated heterocycles. The van der Waals surface area contributed by atoms with Crippen LogP contribution in [-0.4, -0.2) is 44.3 Å². The summed E-state index contributed by atoms with van der Waals surface area (Å²) in [6, 6.07) is 24.1. The van der Waals surface area contributed by atoms with Gasteiger partial charge in [-0.2, -0.15) is 0 Å². The molecule has 0 bridgehead atoms. The van der Waals surface area contributed by atoms with Crippen molar-refractivity contribution in [3.63, 3.8) is 0 Å². The lowest BCUT2D eigenvalue weighted by Gasteiger charge is -2.36. The van der Waals surface area contributed by atoms with Crippen molar-refractivity contribution < 1.29 is 19.4 Å². The van der Waals surface area contributed by atoms with Crippen LogP contribution in [0.25, 0.3) is 11.1 Å². The van der Waals surface area contributed by atoms with Gasteiger partial charge in [0, 0.05) is 37.9 Å². The number of amides is 2. The second-order valence-electron chi connectivity index (χ2n) is 9.92. The lowest BCUT2D eigenvalue weighted by atomic mass is 9.99. The van der Waals surface area contributed by atoms with Gasteiger partial charge in [0.1, 0.15) is 6.33 Å². The van der Waals surface area contributed by atoms with E-state index >= 15 is 0 Å². The molecule has 2 amide bonds. The lowest BCUT2D eigenvalue weighted by molar-refractivity contribution is -0.245. The maximum Gasteiger partial charge on any atom is 0.315 e.